The van der Waals surface area contributed by atoms with E-state index in [-0.39, 0.29) is 0 Å². The molecule has 2 aromatic carbocycles. The average molecular weight is 373 g/mol. The standard InChI is InChI=1S/C22H29ClN2O/c1-2-24-12-14-25(15-13-24)11-6-16-26-22-10-9-21(23)18-20(22)17-19-7-4-3-5-8-19/h3-5,7-10,18H,2,6,11-17H2,1H3. The molecule has 0 bridgehead atoms. The second-order valence-corrected chi connectivity index (χ2v) is 7.33. The fourth-order valence-electron chi connectivity index (χ4n) is 3.44. The number of rotatable bonds is 8. The lowest BCUT2D eigenvalue weighted by Gasteiger charge is -2.33. The number of likely N-dealkylation sites (N-methyl/N-ethyl adjacent to an activating group) is 1. The Kier molecular flexibility index (Phi) is 7.36. The minimum absolute atomic E-state index is 0.747. The van der Waals surface area contributed by atoms with Gasteiger partial charge < -0.3 is 14.5 Å². The summed E-state index contributed by atoms with van der Waals surface area (Å²) in [6, 6.07) is 16.4. The van der Waals surface area contributed by atoms with Crippen molar-refractivity contribution in [3.8, 4) is 5.75 Å². The van der Waals surface area contributed by atoms with Crippen LogP contribution in [0.5, 0.6) is 5.75 Å². The van der Waals surface area contributed by atoms with Crippen LogP contribution >= 0.6 is 11.6 Å². The second kappa shape index (κ2) is 9.96. The van der Waals surface area contributed by atoms with E-state index in [2.05, 4.69) is 41.0 Å². The largest absolute Gasteiger partial charge is 0.493 e. The van der Waals surface area contributed by atoms with Crippen molar-refractivity contribution < 1.29 is 4.74 Å². The van der Waals surface area contributed by atoms with E-state index in [1.165, 1.54) is 31.7 Å². The smallest absolute Gasteiger partial charge is 0.122 e. The SMILES string of the molecule is CCN1CCN(CCCOc2ccc(Cl)cc2Cc2ccccc2)CC1. The van der Waals surface area contributed by atoms with E-state index in [1.54, 1.807) is 0 Å². The molecule has 3 nitrogen and oxygen atoms in total. The van der Waals surface area contributed by atoms with E-state index in [1.807, 2.05) is 24.3 Å². The quantitative estimate of drug-likeness (QED) is 0.641. The van der Waals surface area contributed by atoms with Gasteiger partial charge in [0.15, 0.2) is 0 Å². The van der Waals surface area contributed by atoms with Crippen molar-refractivity contribution in [1.29, 1.82) is 0 Å². The molecule has 0 radical (unpaired) electrons. The van der Waals surface area contributed by atoms with Gasteiger partial charge in [0.05, 0.1) is 6.61 Å². The molecule has 1 fully saturated rings. The third-order valence-electron chi connectivity index (χ3n) is 5.05. The van der Waals surface area contributed by atoms with Crippen molar-refractivity contribution in [2.75, 3.05) is 45.9 Å². The van der Waals surface area contributed by atoms with Gasteiger partial charge in [-0.05, 0) is 42.3 Å². The molecule has 1 heterocycles. The number of nitrogens with zero attached hydrogens (tertiary/aromatic N) is 2. The summed E-state index contributed by atoms with van der Waals surface area (Å²) in [6.45, 7) is 9.99. The summed E-state index contributed by atoms with van der Waals surface area (Å²) in [4.78, 5) is 5.05. The third kappa shape index (κ3) is 5.73. The van der Waals surface area contributed by atoms with Gasteiger partial charge in [-0.1, -0.05) is 48.9 Å². The van der Waals surface area contributed by atoms with Crippen molar-refractivity contribution >= 4 is 11.6 Å². The molecule has 0 aliphatic carbocycles. The molecule has 1 aliphatic heterocycles. The Labute approximate surface area is 162 Å². The predicted octanol–water partition coefficient (Wildman–Crippen LogP) is 4.34. The maximum atomic E-state index is 6.20. The Balaban J connectivity index is 1.48. The number of piperazine rings is 1. The molecule has 0 unspecified atom stereocenters. The summed E-state index contributed by atoms with van der Waals surface area (Å²) >= 11 is 6.20. The molecule has 2 aromatic rings. The number of benzene rings is 2. The maximum Gasteiger partial charge on any atom is 0.122 e. The van der Waals surface area contributed by atoms with Crippen molar-refractivity contribution in [1.82, 2.24) is 9.80 Å². The number of ether oxygens (including phenoxy) is 1. The minimum Gasteiger partial charge on any atom is -0.493 e. The summed E-state index contributed by atoms with van der Waals surface area (Å²) in [5, 5.41) is 0.761. The Bertz CT molecular complexity index is 669. The highest BCUT2D eigenvalue weighted by Gasteiger charge is 2.14. The van der Waals surface area contributed by atoms with E-state index in [4.69, 9.17) is 16.3 Å². The maximum absolute atomic E-state index is 6.20. The van der Waals surface area contributed by atoms with Crippen LogP contribution in [0.4, 0.5) is 0 Å². The zero-order valence-electron chi connectivity index (χ0n) is 15.7. The zero-order chi connectivity index (χ0) is 18.2. The lowest BCUT2D eigenvalue weighted by Crippen LogP contribution is -2.46. The molecular formula is C22H29ClN2O. The fraction of sp³-hybridized carbons (Fsp3) is 0.455. The number of hydrogen-bond acceptors (Lipinski definition) is 3. The Hall–Kier alpha value is -1.55. The van der Waals surface area contributed by atoms with E-state index in [0.29, 0.717) is 0 Å². The number of hydrogen-bond donors (Lipinski definition) is 0. The van der Waals surface area contributed by atoms with Crippen LogP contribution in [0.15, 0.2) is 48.5 Å². The summed E-state index contributed by atoms with van der Waals surface area (Å²) in [6.07, 6.45) is 1.90. The molecule has 1 saturated heterocycles. The first-order valence-corrected chi connectivity index (χ1v) is 10.0. The van der Waals surface area contributed by atoms with Crippen LogP contribution in [0.25, 0.3) is 0 Å². The lowest BCUT2D eigenvalue weighted by atomic mass is 10.0. The molecule has 0 atom stereocenters. The molecule has 4 heteroatoms. The molecule has 0 N–H and O–H groups in total. The van der Waals surface area contributed by atoms with Gasteiger partial charge in [0.25, 0.3) is 0 Å². The first kappa shape index (κ1) is 19.2. The molecule has 0 amide bonds. The predicted molar refractivity (Wildman–Crippen MR) is 109 cm³/mol. The fourth-order valence-corrected chi connectivity index (χ4v) is 3.64. The molecule has 1 aliphatic rings. The highest BCUT2D eigenvalue weighted by Crippen LogP contribution is 2.25. The Morgan fingerprint density at radius 2 is 1.69 bits per heavy atom. The normalized spacial score (nSPS) is 15.9. The highest BCUT2D eigenvalue weighted by atomic mass is 35.5. The van der Waals surface area contributed by atoms with Crippen molar-refractivity contribution in [3.63, 3.8) is 0 Å². The van der Waals surface area contributed by atoms with Gasteiger partial charge in [-0.2, -0.15) is 0 Å². The third-order valence-corrected chi connectivity index (χ3v) is 5.28. The van der Waals surface area contributed by atoms with Crippen LogP contribution in [0.1, 0.15) is 24.5 Å². The Morgan fingerprint density at radius 3 is 2.42 bits per heavy atom. The van der Waals surface area contributed by atoms with Crippen LogP contribution in [0, 0.1) is 0 Å². The topological polar surface area (TPSA) is 15.7 Å². The van der Waals surface area contributed by atoms with E-state index in [0.717, 1.165) is 48.9 Å². The van der Waals surface area contributed by atoms with Gasteiger partial charge in [-0.15, -0.1) is 0 Å². The summed E-state index contributed by atoms with van der Waals surface area (Å²) in [5.41, 5.74) is 2.42. The molecule has 26 heavy (non-hydrogen) atoms. The van der Waals surface area contributed by atoms with Crippen LogP contribution < -0.4 is 4.74 Å². The average Bonchev–Trinajstić information content (AvgIpc) is 2.68. The van der Waals surface area contributed by atoms with Gasteiger partial charge in [0.1, 0.15) is 5.75 Å². The molecule has 140 valence electrons. The first-order chi connectivity index (χ1) is 12.7. The zero-order valence-corrected chi connectivity index (χ0v) is 16.4. The summed E-state index contributed by atoms with van der Waals surface area (Å²) in [7, 11) is 0. The van der Waals surface area contributed by atoms with Gasteiger partial charge in [0, 0.05) is 44.2 Å². The summed E-state index contributed by atoms with van der Waals surface area (Å²) in [5.74, 6) is 0.953. The van der Waals surface area contributed by atoms with Gasteiger partial charge in [-0.3, -0.25) is 0 Å². The Morgan fingerprint density at radius 1 is 0.962 bits per heavy atom. The van der Waals surface area contributed by atoms with Crippen LogP contribution in [-0.4, -0.2) is 55.7 Å². The molecule has 0 spiro atoms. The van der Waals surface area contributed by atoms with Crippen LogP contribution in [0.2, 0.25) is 5.02 Å². The van der Waals surface area contributed by atoms with Crippen molar-refractivity contribution in [2.24, 2.45) is 0 Å². The first-order valence-electron chi connectivity index (χ1n) is 9.64. The molecule has 0 aromatic heterocycles. The highest BCUT2D eigenvalue weighted by molar-refractivity contribution is 6.30. The molecular weight excluding hydrogens is 344 g/mol. The molecule has 0 saturated carbocycles. The minimum atomic E-state index is 0.747. The summed E-state index contributed by atoms with van der Waals surface area (Å²) < 4.78 is 6.10. The van der Waals surface area contributed by atoms with Gasteiger partial charge >= 0.3 is 0 Å². The molecule has 3 rings (SSSR count). The van der Waals surface area contributed by atoms with Crippen LogP contribution in [0.3, 0.4) is 0 Å². The lowest BCUT2D eigenvalue weighted by molar-refractivity contribution is 0.130. The van der Waals surface area contributed by atoms with E-state index < -0.39 is 0 Å². The van der Waals surface area contributed by atoms with Crippen molar-refractivity contribution in [3.05, 3.63) is 64.7 Å². The van der Waals surface area contributed by atoms with Gasteiger partial charge in [0.2, 0.25) is 0 Å². The monoisotopic (exact) mass is 372 g/mol. The second-order valence-electron chi connectivity index (χ2n) is 6.89. The van der Waals surface area contributed by atoms with E-state index >= 15 is 0 Å². The number of halogens is 1. The van der Waals surface area contributed by atoms with Crippen LogP contribution in [-0.2, 0) is 6.42 Å². The van der Waals surface area contributed by atoms with E-state index in [9.17, 15) is 0 Å². The van der Waals surface area contributed by atoms with Gasteiger partial charge in [-0.25, -0.2) is 0 Å². The van der Waals surface area contributed by atoms with Crippen molar-refractivity contribution in [2.45, 2.75) is 19.8 Å².